The van der Waals surface area contributed by atoms with Gasteiger partial charge in [0.15, 0.2) is 0 Å². The summed E-state index contributed by atoms with van der Waals surface area (Å²) in [5.41, 5.74) is 4.02. The highest BCUT2D eigenvalue weighted by Gasteiger charge is 2.03. The number of hydrogen-bond donors (Lipinski definition) is 2. The summed E-state index contributed by atoms with van der Waals surface area (Å²) in [4.78, 5) is 15.4. The van der Waals surface area contributed by atoms with Gasteiger partial charge in [-0.25, -0.2) is 9.97 Å². The second-order valence-electron chi connectivity index (χ2n) is 7.60. The minimum absolute atomic E-state index is 0.457. The number of fused-ring (bicyclic) bond motifs is 2. The summed E-state index contributed by atoms with van der Waals surface area (Å²) in [5, 5.41) is 0. The number of aromatic amines is 2. The number of aromatic nitrogens is 4. The van der Waals surface area contributed by atoms with Crippen LogP contribution in [0.2, 0.25) is 0 Å². The molecule has 0 unspecified atom stereocenters. The van der Waals surface area contributed by atoms with Crippen LogP contribution in [0.3, 0.4) is 0 Å². The number of H-pyrrole nitrogens is 2. The molecule has 0 spiro atoms. The normalized spacial score (nSPS) is 10.6. The summed E-state index contributed by atoms with van der Waals surface area (Å²) >= 11 is 0. The highest BCUT2D eigenvalue weighted by atomic mass is 16.5. The molecular formula is C28H24N4O2. The van der Waals surface area contributed by atoms with E-state index in [1.54, 1.807) is 0 Å². The van der Waals surface area contributed by atoms with E-state index in [0.29, 0.717) is 13.2 Å². The van der Waals surface area contributed by atoms with Crippen molar-refractivity contribution in [3.05, 3.63) is 121 Å². The lowest BCUT2D eigenvalue weighted by atomic mass is 10.3. The summed E-state index contributed by atoms with van der Waals surface area (Å²) in [6, 6.07) is 35.4. The number of benzene rings is 4. The smallest absolute Gasteiger partial charge is 0.146 e. The molecule has 168 valence electrons. The Balaban J connectivity index is 0.000000142. The molecule has 0 radical (unpaired) electrons. The first-order valence-corrected chi connectivity index (χ1v) is 11.1. The van der Waals surface area contributed by atoms with Gasteiger partial charge in [0.05, 0.1) is 22.1 Å². The Kier molecular flexibility index (Phi) is 6.48. The summed E-state index contributed by atoms with van der Waals surface area (Å²) in [6.07, 6.45) is 0. The lowest BCUT2D eigenvalue weighted by Gasteiger charge is -2.02. The number of para-hydroxylation sites is 6. The second-order valence-corrected chi connectivity index (χ2v) is 7.60. The molecule has 0 amide bonds. The molecule has 0 aliphatic carbocycles. The molecule has 6 heteroatoms. The van der Waals surface area contributed by atoms with E-state index in [-0.39, 0.29) is 0 Å². The molecular weight excluding hydrogens is 424 g/mol. The molecule has 6 nitrogen and oxygen atoms in total. The van der Waals surface area contributed by atoms with E-state index >= 15 is 0 Å². The zero-order valence-electron chi connectivity index (χ0n) is 18.5. The van der Waals surface area contributed by atoms with Crippen molar-refractivity contribution in [2.24, 2.45) is 0 Å². The van der Waals surface area contributed by atoms with Crippen LogP contribution < -0.4 is 9.47 Å². The maximum atomic E-state index is 5.63. The fraction of sp³-hybridized carbons (Fsp3) is 0.0714. The van der Waals surface area contributed by atoms with Gasteiger partial charge in [0.2, 0.25) is 0 Å². The molecule has 0 atom stereocenters. The SMILES string of the molecule is c1ccc(OCc2nc3ccccc3[nH]2)cc1.c1ccc(OCc2nc3ccccc3[nH]2)cc1. The van der Waals surface area contributed by atoms with Crippen molar-refractivity contribution in [3.8, 4) is 11.5 Å². The topological polar surface area (TPSA) is 75.8 Å². The monoisotopic (exact) mass is 448 g/mol. The van der Waals surface area contributed by atoms with Crippen molar-refractivity contribution < 1.29 is 9.47 Å². The van der Waals surface area contributed by atoms with Crippen LogP contribution in [0.5, 0.6) is 11.5 Å². The van der Waals surface area contributed by atoms with Crippen molar-refractivity contribution in [1.29, 1.82) is 0 Å². The Morgan fingerprint density at radius 2 is 0.853 bits per heavy atom. The number of nitrogens with one attached hydrogen (secondary N) is 2. The Morgan fingerprint density at radius 3 is 1.26 bits per heavy atom. The standard InChI is InChI=1S/2C14H12N2O/c2*1-2-6-11(7-3-1)17-10-14-15-12-8-4-5-9-13(12)16-14/h2*1-9H,10H2,(H,15,16). The maximum Gasteiger partial charge on any atom is 0.146 e. The molecule has 0 aliphatic heterocycles. The quantitative estimate of drug-likeness (QED) is 0.314. The van der Waals surface area contributed by atoms with E-state index in [2.05, 4.69) is 19.9 Å². The number of rotatable bonds is 6. The highest BCUT2D eigenvalue weighted by Crippen LogP contribution is 2.15. The largest absolute Gasteiger partial charge is 0.486 e. The third kappa shape index (κ3) is 5.42. The predicted octanol–water partition coefficient (Wildman–Crippen LogP) is 6.28. The van der Waals surface area contributed by atoms with Crippen molar-refractivity contribution in [3.63, 3.8) is 0 Å². The molecule has 0 saturated heterocycles. The lowest BCUT2D eigenvalue weighted by Crippen LogP contribution is -1.96. The molecule has 0 bridgehead atoms. The van der Waals surface area contributed by atoms with Gasteiger partial charge in [0, 0.05) is 0 Å². The van der Waals surface area contributed by atoms with Crippen LogP contribution in [0, 0.1) is 0 Å². The van der Waals surface area contributed by atoms with Crippen molar-refractivity contribution in [1.82, 2.24) is 19.9 Å². The van der Waals surface area contributed by atoms with Crippen molar-refractivity contribution in [2.45, 2.75) is 13.2 Å². The third-order valence-electron chi connectivity index (χ3n) is 5.11. The molecule has 0 aliphatic rings. The molecule has 2 aromatic heterocycles. The van der Waals surface area contributed by atoms with Crippen LogP contribution >= 0.6 is 0 Å². The summed E-state index contributed by atoms with van der Waals surface area (Å²) in [7, 11) is 0. The van der Waals surface area contributed by atoms with Crippen LogP contribution in [0.15, 0.2) is 109 Å². The van der Waals surface area contributed by atoms with Gasteiger partial charge >= 0.3 is 0 Å². The van der Waals surface area contributed by atoms with Crippen molar-refractivity contribution >= 4 is 22.1 Å². The summed E-state index contributed by atoms with van der Waals surface area (Å²) in [5.74, 6) is 3.39. The Hall–Kier alpha value is -4.58. The summed E-state index contributed by atoms with van der Waals surface area (Å²) < 4.78 is 11.3. The number of nitrogens with zero attached hydrogens (tertiary/aromatic N) is 2. The van der Waals surface area contributed by atoms with Gasteiger partial charge in [-0.1, -0.05) is 60.7 Å². The molecule has 34 heavy (non-hydrogen) atoms. The third-order valence-corrected chi connectivity index (χ3v) is 5.11. The minimum Gasteiger partial charge on any atom is -0.486 e. The van der Waals surface area contributed by atoms with Crippen molar-refractivity contribution in [2.75, 3.05) is 0 Å². The molecule has 0 saturated carbocycles. The maximum absolute atomic E-state index is 5.63. The van der Waals surface area contributed by atoms with Gasteiger partial charge in [-0.15, -0.1) is 0 Å². The predicted molar refractivity (Wildman–Crippen MR) is 134 cm³/mol. The van der Waals surface area contributed by atoms with E-state index in [4.69, 9.17) is 9.47 Å². The van der Waals surface area contributed by atoms with Gasteiger partial charge in [0.1, 0.15) is 36.4 Å². The Bertz CT molecular complexity index is 1280. The number of imidazole rings is 2. The number of ether oxygens (including phenoxy) is 2. The first-order valence-electron chi connectivity index (χ1n) is 11.1. The van der Waals surface area contributed by atoms with Crippen LogP contribution in [0.1, 0.15) is 11.6 Å². The van der Waals surface area contributed by atoms with Gasteiger partial charge in [-0.05, 0) is 48.5 Å². The second kappa shape index (κ2) is 10.4. The van der Waals surface area contributed by atoms with E-state index in [0.717, 1.165) is 45.2 Å². The molecule has 6 rings (SSSR count). The van der Waals surface area contributed by atoms with Crippen LogP contribution in [0.4, 0.5) is 0 Å². The van der Waals surface area contributed by atoms with E-state index in [1.165, 1.54) is 0 Å². The first-order chi connectivity index (χ1) is 16.8. The van der Waals surface area contributed by atoms with Gasteiger partial charge in [-0.3, -0.25) is 0 Å². The zero-order valence-corrected chi connectivity index (χ0v) is 18.5. The zero-order chi connectivity index (χ0) is 23.0. The molecule has 4 aromatic carbocycles. The average molecular weight is 449 g/mol. The lowest BCUT2D eigenvalue weighted by molar-refractivity contribution is 0.297. The fourth-order valence-corrected chi connectivity index (χ4v) is 3.48. The molecule has 2 N–H and O–H groups in total. The first kappa shape index (κ1) is 21.3. The van der Waals surface area contributed by atoms with Crippen LogP contribution in [-0.4, -0.2) is 19.9 Å². The average Bonchev–Trinajstić information content (AvgIpc) is 3.51. The van der Waals surface area contributed by atoms with E-state index in [9.17, 15) is 0 Å². The number of hydrogen-bond acceptors (Lipinski definition) is 4. The van der Waals surface area contributed by atoms with Gasteiger partial charge in [0.25, 0.3) is 0 Å². The minimum atomic E-state index is 0.457. The molecule has 6 aromatic rings. The Labute approximate surface area is 197 Å². The van der Waals surface area contributed by atoms with Crippen LogP contribution in [-0.2, 0) is 13.2 Å². The Morgan fingerprint density at radius 1 is 0.471 bits per heavy atom. The summed E-state index contributed by atoms with van der Waals surface area (Å²) in [6.45, 7) is 0.914. The van der Waals surface area contributed by atoms with E-state index in [1.807, 2.05) is 109 Å². The van der Waals surface area contributed by atoms with Gasteiger partial charge < -0.3 is 19.4 Å². The van der Waals surface area contributed by atoms with Gasteiger partial charge in [-0.2, -0.15) is 0 Å². The molecule has 2 heterocycles. The fourth-order valence-electron chi connectivity index (χ4n) is 3.48. The highest BCUT2D eigenvalue weighted by molar-refractivity contribution is 5.75. The van der Waals surface area contributed by atoms with Crippen LogP contribution in [0.25, 0.3) is 22.1 Å². The van der Waals surface area contributed by atoms with E-state index < -0.39 is 0 Å². The molecule has 0 fully saturated rings.